The normalized spacial score (nSPS) is 41.5. The molecule has 0 aromatic heterocycles. The predicted octanol–water partition coefficient (Wildman–Crippen LogP) is 0.921. The molecule has 1 heterocycles. The smallest absolute Gasteiger partial charge is 0.00999 e. The summed E-state index contributed by atoms with van der Waals surface area (Å²) in [6, 6.07) is 0. The van der Waals surface area contributed by atoms with Gasteiger partial charge in [0.15, 0.2) is 0 Å². The van der Waals surface area contributed by atoms with Gasteiger partial charge in [-0.2, -0.15) is 0 Å². The van der Waals surface area contributed by atoms with Crippen molar-refractivity contribution >= 4 is 0 Å². The van der Waals surface area contributed by atoms with Crippen molar-refractivity contribution in [1.29, 1.82) is 0 Å². The Morgan fingerprint density at radius 1 is 1.33 bits per heavy atom. The van der Waals surface area contributed by atoms with Crippen LogP contribution in [0.1, 0.15) is 20.3 Å². The largest absolute Gasteiger partial charge is 0.326 e. The summed E-state index contributed by atoms with van der Waals surface area (Å²) >= 11 is 0. The molecule has 0 aromatic rings. The second-order valence-corrected chi connectivity index (χ2v) is 5.41. The molecule has 1 aliphatic carbocycles. The van der Waals surface area contributed by atoms with Gasteiger partial charge in [-0.3, -0.25) is 0 Å². The van der Waals surface area contributed by atoms with Gasteiger partial charge in [0.05, 0.1) is 0 Å². The van der Waals surface area contributed by atoms with Gasteiger partial charge in [-0.25, -0.2) is 0 Å². The van der Waals surface area contributed by atoms with E-state index in [2.05, 4.69) is 25.8 Å². The minimum absolute atomic E-state index is 0.0492. The number of fused-ring (bicyclic) bond motifs is 1. The summed E-state index contributed by atoms with van der Waals surface area (Å²) in [5.74, 6) is 2.91. The Bertz CT molecular complexity index is 171. The van der Waals surface area contributed by atoms with Crippen molar-refractivity contribution in [2.45, 2.75) is 25.8 Å². The van der Waals surface area contributed by atoms with E-state index in [1.807, 2.05) is 0 Å². The van der Waals surface area contributed by atoms with Crippen molar-refractivity contribution in [2.75, 3.05) is 20.1 Å². The molecule has 12 heavy (non-hydrogen) atoms. The van der Waals surface area contributed by atoms with E-state index in [0.717, 1.165) is 17.8 Å². The average Bonchev–Trinajstić information content (AvgIpc) is 2.42. The quantitative estimate of drug-likeness (QED) is 0.664. The predicted molar refractivity (Wildman–Crippen MR) is 50.9 cm³/mol. The van der Waals surface area contributed by atoms with Crippen LogP contribution in [-0.4, -0.2) is 30.6 Å². The highest BCUT2D eigenvalue weighted by Crippen LogP contribution is 2.54. The van der Waals surface area contributed by atoms with Crippen molar-refractivity contribution in [3.05, 3.63) is 0 Å². The maximum Gasteiger partial charge on any atom is 0.00999 e. The Labute approximate surface area is 75.1 Å². The molecule has 70 valence electrons. The highest BCUT2D eigenvalue weighted by Gasteiger charge is 2.55. The summed E-state index contributed by atoms with van der Waals surface area (Å²) in [7, 11) is 2.22. The highest BCUT2D eigenvalue weighted by molar-refractivity contribution is 5.06. The maximum absolute atomic E-state index is 6.00. The van der Waals surface area contributed by atoms with Gasteiger partial charge in [-0.05, 0) is 45.1 Å². The van der Waals surface area contributed by atoms with Crippen molar-refractivity contribution in [3.63, 3.8) is 0 Å². The van der Waals surface area contributed by atoms with E-state index in [1.165, 1.54) is 19.5 Å². The monoisotopic (exact) mass is 168 g/mol. The SMILES string of the molecule is CN1CC2C(C1)C2CC(C)(C)N. The Hall–Kier alpha value is -0.0800. The standard InChI is InChI=1S/C10H20N2/c1-10(2,11)4-7-8-5-12(3)6-9(7)8/h7-9H,4-6,11H2,1-3H3. The first-order valence-electron chi connectivity index (χ1n) is 4.95. The molecule has 2 N–H and O–H groups in total. The fraction of sp³-hybridized carbons (Fsp3) is 1.00. The van der Waals surface area contributed by atoms with Crippen LogP contribution in [0.5, 0.6) is 0 Å². The first-order valence-corrected chi connectivity index (χ1v) is 4.95. The summed E-state index contributed by atoms with van der Waals surface area (Å²) < 4.78 is 0. The van der Waals surface area contributed by atoms with Crippen LogP contribution < -0.4 is 5.73 Å². The lowest BCUT2D eigenvalue weighted by Crippen LogP contribution is -2.33. The second kappa shape index (κ2) is 2.46. The van der Waals surface area contributed by atoms with Gasteiger partial charge in [0.25, 0.3) is 0 Å². The van der Waals surface area contributed by atoms with Crippen LogP contribution >= 0.6 is 0 Å². The molecule has 0 aromatic carbocycles. The minimum Gasteiger partial charge on any atom is -0.326 e. The van der Waals surface area contributed by atoms with Crippen LogP contribution in [0.3, 0.4) is 0 Å². The van der Waals surface area contributed by atoms with Gasteiger partial charge in [0, 0.05) is 18.6 Å². The Kier molecular flexibility index (Phi) is 1.74. The van der Waals surface area contributed by atoms with E-state index < -0.39 is 0 Å². The first kappa shape index (κ1) is 8.52. The van der Waals surface area contributed by atoms with Crippen molar-refractivity contribution in [2.24, 2.45) is 23.5 Å². The lowest BCUT2D eigenvalue weighted by Gasteiger charge is -2.21. The van der Waals surface area contributed by atoms with Gasteiger partial charge < -0.3 is 10.6 Å². The summed E-state index contributed by atoms with van der Waals surface area (Å²) in [6.45, 7) is 6.91. The van der Waals surface area contributed by atoms with E-state index in [1.54, 1.807) is 0 Å². The van der Waals surface area contributed by atoms with Gasteiger partial charge in [-0.1, -0.05) is 0 Å². The molecule has 2 nitrogen and oxygen atoms in total. The zero-order valence-corrected chi connectivity index (χ0v) is 8.38. The molecule has 1 saturated carbocycles. The fourth-order valence-electron chi connectivity index (χ4n) is 2.77. The molecule has 1 saturated heterocycles. The average molecular weight is 168 g/mol. The molecule has 0 bridgehead atoms. The van der Waals surface area contributed by atoms with E-state index in [9.17, 15) is 0 Å². The number of rotatable bonds is 2. The third-order valence-corrected chi connectivity index (χ3v) is 3.32. The summed E-state index contributed by atoms with van der Waals surface area (Å²) in [6.07, 6.45) is 1.22. The molecule has 0 radical (unpaired) electrons. The minimum atomic E-state index is 0.0492. The second-order valence-electron chi connectivity index (χ2n) is 5.41. The van der Waals surface area contributed by atoms with E-state index in [0.29, 0.717) is 0 Å². The van der Waals surface area contributed by atoms with Crippen LogP contribution in [-0.2, 0) is 0 Å². The van der Waals surface area contributed by atoms with E-state index in [-0.39, 0.29) is 5.54 Å². The Balaban J connectivity index is 1.83. The third kappa shape index (κ3) is 1.50. The number of nitrogens with zero attached hydrogens (tertiary/aromatic N) is 1. The highest BCUT2D eigenvalue weighted by atomic mass is 15.2. The molecule has 2 fully saturated rings. The molecular formula is C10H20N2. The van der Waals surface area contributed by atoms with Gasteiger partial charge in [0.1, 0.15) is 0 Å². The van der Waals surface area contributed by atoms with Gasteiger partial charge in [0.2, 0.25) is 0 Å². The zero-order chi connectivity index (χ0) is 8.93. The number of piperidine rings is 1. The van der Waals surface area contributed by atoms with E-state index in [4.69, 9.17) is 5.73 Å². The van der Waals surface area contributed by atoms with Crippen LogP contribution in [0.4, 0.5) is 0 Å². The molecule has 1 aliphatic heterocycles. The van der Waals surface area contributed by atoms with Crippen LogP contribution in [0, 0.1) is 17.8 Å². The number of likely N-dealkylation sites (tertiary alicyclic amines) is 1. The molecule has 0 spiro atoms. The fourth-order valence-corrected chi connectivity index (χ4v) is 2.77. The molecule has 2 aliphatic rings. The zero-order valence-electron chi connectivity index (χ0n) is 8.38. The van der Waals surface area contributed by atoms with Crippen LogP contribution in [0.15, 0.2) is 0 Å². The summed E-state index contributed by atoms with van der Waals surface area (Å²) in [5.41, 5.74) is 6.05. The third-order valence-electron chi connectivity index (χ3n) is 3.32. The summed E-state index contributed by atoms with van der Waals surface area (Å²) in [5, 5.41) is 0. The number of hydrogen-bond donors (Lipinski definition) is 1. The molecule has 2 unspecified atom stereocenters. The van der Waals surface area contributed by atoms with Crippen molar-refractivity contribution in [3.8, 4) is 0 Å². The lowest BCUT2D eigenvalue weighted by atomic mass is 9.97. The summed E-state index contributed by atoms with van der Waals surface area (Å²) in [4.78, 5) is 2.44. The molecule has 2 rings (SSSR count). The number of nitrogens with two attached hydrogens (primary N) is 1. The van der Waals surface area contributed by atoms with Gasteiger partial charge in [-0.15, -0.1) is 0 Å². The first-order chi connectivity index (χ1) is 5.47. The lowest BCUT2D eigenvalue weighted by molar-refractivity contribution is 0.315. The topological polar surface area (TPSA) is 29.3 Å². The van der Waals surface area contributed by atoms with Crippen LogP contribution in [0.25, 0.3) is 0 Å². The van der Waals surface area contributed by atoms with Crippen molar-refractivity contribution in [1.82, 2.24) is 4.90 Å². The molecule has 0 amide bonds. The molecule has 2 heteroatoms. The maximum atomic E-state index is 6.00. The Morgan fingerprint density at radius 2 is 1.83 bits per heavy atom. The van der Waals surface area contributed by atoms with E-state index >= 15 is 0 Å². The molecule has 2 atom stereocenters. The van der Waals surface area contributed by atoms with Crippen LogP contribution in [0.2, 0.25) is 0 Å². The number of hydrogen-bond acceptors (Lipinski definition) is 2. The van der Waals surface area contributed by atoms with Gasteiger partial charge >= 0.3 is 0 Å². The molecular weight excluding hydrogens is 148 g/mol. The Morgan fingerprint density at radius 3 is 2.25 bits per heavy atom. The van der Waals surface area contributed by atoms with Crippen molar-refractivity contribution < 1.29 is 0 Å².